The first-order valence-corrected chi connectivity index (χ1v) is 6.88. The second-order valence-corrected chi connectivity index (χ2v) is 5.70. The molecule has 2 heterocycles. The van der Waals surface area contributed by atoms with Gasteiger partial charge in [0.15, 0.2) is 11.2 Å². The molecule has 0 radical (unpaired) electrons. The van der Waals surface area contributed by atoms with Crippen LogP contribution in [0.25, 0.3) is 11.0 Å². The van der Waals surface area contributed by atoms with Crippen LogP contribution in [0.1, 0.15) is 26.7 Å². The van der Waals surface area contributed by atoms with Crippen molar-refractivity contribution in [3.63, 3.8) is 0 Å². The SMILES string of the molecule is CC(C)OC(=O)C1(n2ncc3ccc(N)nc32)CC(F)C1. The zero-order valence-electron chi connectivity index (χ0n) is 11.9. The van der Waals surface area contributed by atoms with Gasteiger partial charge in [-0.2, -0.15) is 5.10 Å². The Hall–Kier alpha value is -2.18. The van der Waals surface area contributed by atoms with Gasteiger partial charge in [-0.1, -0.05) is 0 Å². The predicted octanol–water partition coefficient (Wildman–Crippen LogP) is 1.79. The first-order chi connectivity index (χ1) is 9.92. The Morgan fingerprint density at radius 2 is 2.24 bits per heavy atom. The summed E-state index contributed by atoms with van der Waals surface area (Å²) in [6, 6.07) is 3.43. The van der Waals surface area contributed by atoms with Crippen LogP contribution in [0.5, 0.6) is 0 Å². The molecule has 1 fully saturated rings. The van der Waals surface area contributed by atoms with E-state index < -0.39 is 17.7 Å². The van der Waals surface area contributed by atoms with Crippen molar-refractivity contribution in [2.24, 2.45) is 0 Å². The monoisotopic (exact) mass is 292 g/mol. The fourth-order valence-corrected chi connectivity index (χ4v) is 2.65. The topological polar surface area (TPSA) is 83.0 Å². The molecule has 6 nitrogen and oxygen atoms in total. The molecule has 0 unspecified atom stereocenters. The standard InChI is InChI=1S/C14H17FN4O2/c1-8(2)21-13(20)14(5-10(15)6-14)19-12-9(7-17-19)3-4-11(16)18-12/h3-4,7-8,10H,5-6H2,1-2H3,(H2,16,18). The van der Waals surface area contributed by atoms with Gasteiger partial charge in [0.05, 0.1) is 12.3 Å². The lowest BCUT2D eigenvalue weighted by Crippen LogP contribution is -2.55. The zero-order valence-corrected chi connectivity index (χ0v) is 11.9. The quantitative estimate of drug-likeness (QED) is 0.872. The number of nitrogen functional groups attached to an aromatic ring is 1. The number of carbonyl (C=O) groups is 1. The van der Waals surface area contributed by atoms with Crippen molar-refractivity contribution in [2.75, 3.05) is 5.73 Å². The molecule has 21 heavy (non-hydrogen) atoms. The highest BCUT2D eigenvalue weighted by Gasteiger charge is 2.55. The van der Waals surface area contributed by atoms with Crippen molar-refractivity contribution < 1.29 is 13.9 Å². The number of ether oxygens (including phenoxy) is 1. The van der Waals surface area contributed by atoms with E-state index in [4.69, 9.17) is 10.5 Å². The molecule has 1 saturated carbocycles. The Labute approximate surface area is 121 Å². The molecule has 112 valence electrons. The predicted molar refractivity (Wildman–Crippen MR) is 75.3 cm³/mol. The third kappa shape index (κ3) is 2.12. The Balaban J connectivity index is 2.08. The molecule has 0 aromatic carbocycles. The zero-order chi connectivity index (χ0) is 15.2. The van der Waals surface area contributed by atoms with Crippen LogP contribution in [0, 0.1) is 0 Å². The molecule has 1 aliphatic carbocycles. The highest BCUT2D eigenvalue weighted by atomic mass is 19.1. The molecule has 7 heteroatoms. The van der Waals surface area contributed by atoms with E-state index in [0.717, 1.165) is 5.39 Å². The summed E-state index contributed by atoms with van der Waals surface area (Å²) in [4.78, 5) is 16.6. The summed E-state index contributed by atoms with van der Waals surface area (Å²) < 4.78 is 20.2. The molecule has 0 aliphatic heterocycles. The van der Waals surface area contributed by atoms with Gasteiger partial charge >= 0.3 is 5.97 Å². The van der Waals surface area contributed by atoms with Crippen LogP contribution in [0.4, 0.5) is 10.2 Å². The lowest BCUT2D eigenvalue weighted by molar-refractivity contribution is -0.168. The third-order valence-electron chi connectivity index (χ3n) is 3.69. The largest absolute Gasteiger partial charge is 0.461 e. The maximum Gasteiger partial charge on any atom is 0.334 e. The van der Waals surface area contributed by atoms with Crippen molar-refractivity contribution >= 4 is 22.8 Å². The van der Waals surface area contributed by atoms with Crippen molar-refractivity contribution in [3.05, 3.63) is 18.3 Å². The van der Waals surface area contributed by atoms with E-state index in [9.17, 15) is 9.18 Å². The van der Waals surface area contributed by atoms with E-state index in [1.807, 2.05) is 0 Å². The van der Waals surface area contributed by atoms with E-state index in [2.05, 4.69) is 10.1 Å². The first-order valence-electron chi connectivity index (χ1n) is 6.88. The maximum absolute atomic E-state index is 13.5. The lowest BCUT2D eigenvalue weighted by Gasteiger charge is -2.42. The second kappa shape index (κ2) is 4.68. The van der Waals surface area contributed by atoms with Crippen LogP contribution in [-0.4, -0.2) is 33.0 Å². The number of aromatic nitrogens is 3. The first kappa shape index (κ1) is 13.8. The van der Waals surface area contributed by atoms with Crippen LogP contribution >= 0.6 is 0 Å². The number of hydrogen-bond donors (Lipinski definition) is 1. The maximum atomic E-state index is 13.5. The van der Waals surface area contributed by atoms with Crippen LogP contribution < -0.4 is 5.73 Å². The van der Waals surface area contributed by atoms with Gasteiger partial charge in [0.2, 0.25) is 0 Å². The fourth-order valence-electron chi connectivity index (χ4n) is 2.65. The third-order valence-corrected chi connectivity index (χ3v) is 3.69. The van der Waals surface area contributed by atoms with Gasteiger partial charge in [0.1, 0.15) is 12.0 Å². The van der Waals surface area contributed by atoms with E-state index in [1.165, 1.54) is 4.68 Å². The highest BCUT2D eigenvalue weighted by molar-refractivity contribution is 5.84. The number of carbonyl (C=O) groups excluding carboxylic acids is 1. The number of nitrogens with two attached hydrogens (primary N) is 1. The number of alkyl halides is 1. The minimum atomic E-state index is -1.12. The molecular weight excluding hydrogens is 275 g/mol. The van der Waals surface area contributed by atoms with Crippen molar-refractivity contribution in [2.45, 2.75) is 44.5 Å². The summed E-state index contributed by atoms with van der Waals surface area (Å²) in [5, 5.41) is 4.98. The molecule has 2 aromatic rings. The number of hydrogen-bond acceptors (Lipinski definition) is 5. The Morgan fingerprint density at radius 3 is 2.86 bits per heavy atom. The minimum absolute atomic E-state index is 0.0474. The molecule has 0 bridgehead atoms. The number of anilines is 1. The van der Waals surface area contributed by atoms with Gasteiger partial charge in [0, 0.05) is 18.2 Å². The Kier molecular flexibility index (Phi) is 3.07. The molecule has 1 aliphatic rings. The van der Waals surface area contributed by atoms with Gasteiger partial charge in [0.25, 0.3) is 0 Å². The van der Waals surface area contributed by atoms with Crippen molar-refractivity contribution in [3.8, 4) is 0 Å². The average Bonchev–Trinajstić information content (AvgIpc) is 2.76. The number of pyridine rings is 1. The number of rotatable bonds is 3. The van der Waals surface area contributed by atoms with Gasteiger partial charge in [-0.15, -0.1) is 0 Å². The lowest BCUT2D eigenvalue weighted by atomic mass is 9.75. The number of nitrogens with zero attached hydrogens (tertiary/aromatic N) is 3. The number of fused-ring (bicyclic) bond motifs is 1. The fraction of sp³-hybridized carbons (Fsp3) is 0.500. The molecule has 0 spiro atoms. The van der Waals surface area contributed by atoms with Gasteiger partial charge in [-0.05, 0) is 26.0 Å². The van der Waals surface area contributed by atoms with E-state index in [-0.39, 0.29) is 18.9 Å². The summed E-state index contributed by atoms with van der Waals surface area (Å²) in [6.45, 7) is 3.52. The van der Waals surface area contributed by atoms with Crippen LogP contribution in [0.15, 0.2) is 18.3 Å². The van der Waals surface area contributed by atoms with Crippen molar-refractivity contribution in [1.82, 2.24) is 14.8 Å². The summed E-state index contributed by atoms with van der Waals surface area (Å²) in [7, 11) is 0. The van der Waals surface area contributed by atoms with E-state index in [1.54, 1.807) is 32.2 Å². The van der Waals surface area contributed by atoms with Gasteiger partial charge < -0.3 is 10.5 Å². The summed E-state index contributed by atoms with van der Waals surface area (Å²) >= 11 is 0. The molecular formula is C14H17FN4O2. The highest BCUT2D eigenvalue weighted by Crippen LogP contribution is 2.43. The molecule has 2 aromatic heterocycles. The Bertz CT molecular complexity index is 691. The molecule has 2 N–H and O–H groups in total. The normalized spacial score (nSPS) is 25.0. The summed E-state index contributed by atoms with van der Waals surface area (Å²) in [5.41, 5.74) is 5.05. The number of esters is 1. The van der Waals surface area contributed by atoms with Crippen LogP contribution in [-0.2, 0) is 15.1 Å². The smallest absolute Gasteiger partial charge is 0.334 e. The van der Waals surface area contributed by atoms with Crippen LogP contribution in [0.3, 0.4) is 0 Å². The molecule has 3 rings (SSSR count). The summed E-state index contributed by atoms with van der Waals surface area (Å²) in [6.07, 6.45) is 0.382. The number of halogens is 1. The van der Waals surface area contributed by atoms with E-state index >= 15 is 0 Å². The van der Waals surface area contributed by atoms with Gasteiger partial charge in [-0.3, -0.25) is 0 Å². The Morgan fingerprint density at radius 1 is 1.52 bits per heavy atom. The minimum Gasteiger partial charge on any atom is -0.461 e. The molecule has 0 atom stereocenters. The average molecular weight is 292 g/mol. The van der Waals surface area contributed by atoms with E-state index in [0.29, 0.717) is 11.5 Å². The van der Waals surface area contributed by atoms with Gasteiger partial charge in [-0.25, -0.2) is 18.9 Å². The second-order valence-electron chi connectivity index (χ2n) is 5.70. The van der Waals surface area contributed by atoms with Crippen molar-refractivity contribution in [1.29, 1.82) is 0 Å². The molecule has 0 saturated heterocycles. The molecule has 0 amide bonds. The van der Waals surface area contributed by atoms with Crippen LogP contribution in [0.2, 0.25) is 0 Å². The summed E-state index contributed by atoms with van der Waals surface area (Å²) in [5.74, 6) is -0.145.